The number of aryl methyl sites for hydroxylation is 2. The van der Waals surface area contributed by atoms with Gasteiger partial charge in [-0.05, 0) is 31.0 Å². The molecule has 1 aliphatic rings. The maximum Gasteiger partial charge on any atom is 0.340 e. The van der Waals surface area contributed by atoms with E-state index < -0.39 is 0 Å². The van der Waals surface area contributed by atoms with Crippen LogP contribution < -0.4 is 10.9 Å². The highest BCUT2D eigenvalue weighted by atomic mass is 16.5. The van der Waals surface area contributed by atoms with Gasteiger partial charge in [-0.1, -0.05) is 30.3 Å². The number of benzene rings is 2. The number of phenolic OH excluding ortho intramolecular Hbond substituents is 1. The maximum absolute atomic E-state index is 12.7. The van der Waals surface area contributed by atoms with Gasteiger partial charge < -0.3 is 19.6 Å². The van der Waals surface area contributed by atoms with E-state index in [1.54, 1.807) is 6.92 Å². The molecule has 31 heavy (non-hydrogen) atoms. The van der Waals surface area contributed by atoms with Crippen LogP contribution >= 0.6 is 0 Å². The Morgan fingerprint density at radius 3 is 2.58 bits per heavy atom. The lowest BCUT2D eigenvalue weighted by molar-refractivity contribution is 0.0384. The van der Waals surface area contributed by atoms with Gasteiger partial charge in [-0.2, -0.15) is 0 Å². The highest BCUT2D eigenvalue weighted by molar-refractivity contribution is 5.86. The fourth-order valence-corrected chi connectivity index (χ4v) is 4.16. The van der Waals surface area contributed by atoms with Crippen LogP contribution in [0.2, 0.25) is 0 Å². The van der Waals surface area contributed by atoms with Crippen LogP contribution in [-0.2, 0) is 17.7 Å². The number of phenols is 1. The molecule has 0 spiro atoms. The second-order valence-corrected chi connectivity index (χ2v) is 8.17. The largest absolute Gasteiger partial charge is 0.507 e. The monoisotopic (exact) mass is 422 g/mol. The van der Waals surface area contributed by atoms with E-state index in [1.165, 1.54) is 0 Å². The molecule has 6 nitrogen and oxygen atoms in total. The summed E-state index contributed by atoms with van der Waals surface area (Å²) in [5, 5.41) is 15.0. The summed E-state index contributed by atoms with van der Waals surface area (Å²) in [6.07, 6.45) is 0.526. The third-order valence-electron chi connectivity index (χ3n) is 6.11. The molecule has 0 atom stereocenters. The molecule has 0 unspecified atom stereocenters. The van der Waals surface area contributed by atoms with Crippen molar-refractivity contribution >= 4 is 11.0 Å². The van der Waals surface area contributed by atoms with Crippen molar-refractivity contribution in [3.63, 3.8) is 0 Å². The van der Waals surface area contributed by atoms with Crippen molar-refractivity contribution in [1.29, 1.82) is 0 Å². The Kier molecular flexibility index (Phi) is 6.70. The lowest BCUT2D eigenvalue weighted by Gasteiger charge is -2.26. The zero-order chi connectivity index (χ0) is 21.8. The molecule has 0 radical (unpaired) electrons. The topological polar surface area (TPSA) is 74.9 Å². The van der Waals surface area contributed by atoms with Gasteiger partial charge in [0.1, 0.15) is 11.3 Å². The Labute approximate surface area is 182 Å². The average molecular weight is 423 g/mol. The average Bonchev–Trinajstić information content (AvgIpc) is 2.79. The van der Waals surface area contributed by atoms with Crippen molar-refractivity contribution < 1.29 is 14.3 Å². The van der Waals surface area contributed by atoms with Gasteiger partial charge in [-0.3, -0.25) is 4.90 Å². The molecule has 1 aliphatic heterocycles. The molecule has 0 aliphatic carbocycles. The molecule has 0 saturated carbocycles. The first-order chi connectivity index (χ1) is 15.0. The van der Waals surface area contributed by atoms with Crippen LogP contribution in [0, 0.1) is 13.8 Å². The molecule has 1 fully saturated rings. The summed E-state index contributed by atoms with van der Waals surface area (Å²) in [6, 6.07) is 11.9. The molecule has 4 rings (SSSR count). The first-order valence-corrected chi connectivity index (χ1v) is 10.9. The van der Waals surface area contributed by atoms with Gasteiger partial charge in [-0.25, -0.2) is 4.79 Å². The van der Waals surface area contributed by atoms with Gasteiger partial charge in [0.2, 0.25) is 0 Å². The number of aromatic hydroxyl groups is 1. The number of hydrogen-bond acceptors (Lipinski definition) is 6. The molecule has 2 aromatic carbocycles. The lowest BCUT2D eigenvalue weighted by atomic mass is 9.96. The summed E-state index contributed by atoms with van der Waals surface area (Å²) in [4.78, 5) is 15.1. The molecule has 2 heterocycles. The third kappa shape index (κ3) is 4.82. The molecular formula is C25H30N2O4. The molecule has 0 bridgehead atoms. The number of rotatable bonds is 7. The molecular weight excluding hydrogens is 392 g/mol. The number of fused-ring (bicyclic) bond motifs is 1. The molecule has 164 valence electrons. The predicted molar refractivity (Wildman–Crippen MR) is 122 cm³/mol. The Morgan fingerprint density at radius 2 is 1.84 bits per heavy atom. The number of ether oxygens (including phenoxy) is 1. The molecule has 6 heteroatoms. The van der Waals surface area contributed by atoms with Crippen molar-refractivity contribution in [2.24, 2.45) is 0 Å². The minimum absolute atomic E-state index is 0.185. The molecule has 1 aromatic heterocycles. The quantitative estimate of drug-likeness (QED) is 0.450. The molecule has 0 amide bonds. The van der Waals surface area contributed by atoms with Gasteiger partial charge in [0, 0.05) is 61.2 Å². The maximum atomic E-state index is 12.7. The molecule has 3 aromatic rings. The van der Waals surface area contributed by atoms with E-state index in [1.807, 2.05) is 43.3 Å². The van der Waals surface area contributed by atoms with Gasteiger partial charge in [0.05, 0.1) is 13.2 Å². The Bertz CT molecular complexity index is 1100. The van der Waals surface area contributed by atoms with Crippen LogP contribution in [-0.4, -0.2) is 49.4 Å². The lowest BCUT2D eigenvalue weighted by Crippen LogP contribution is -2.40. The summed E-state index contributed by atoms with van der Waals surface area (Å²) in [6.45, 7) is 9.61. The van der Waals surface area contributed by atoms with Gasteiger partial charge >= 0.3 is 5.63 Å². The fraction of sp³-hybridized carbons (Fsp3) is 0.400. The zero-order valence-corrected chi connectivity index (χ0v) is 18.2. The predicted octanol–water partition coefficient (Wildman–Crippen LogP) is 3.13. The van der Waals surface area contributed by atoms with Crippen molar-refractivity contribution in [1.82, 2.24) is 10.2 Å². The third-order valence-corrected chi connectivity index (χ3v) is 6.11. The Hall–Kier alpha value is -2.67. The first-order valence-electron chi connectivity index (χ1n) is 10.9. The summed E-state index contributed by atoms with van der Waals surface area (Å²) in [7, 11) is 0. The molecule has 1 saturated heterocycles. The normalized spacial score (nSPS) is 14.9. The van der Waals surface area contributed by atoms with E-state index >= 15 is 0 Å². The van der Waals surface area contributed by atoms with Gasteiger partial charge in [0.25, 0.3) is 0 Å². The SMILES string of the molecule is Cc1c(Cc2ccccc2)c(=O)oc2c(C)c(O)c(CNCCN3CCOCC3)cc12. The van der Waals surface area contributed by atoms with Crippen LogP contribution in [0.4, 0.5) is 0 Å². The van der Waals surface area contributed by atoms with E-state index in [4.69, 9.17) is 9.15 Å². The van der Waals surface area contributed by atoms with Crippen LogP contribution in [0.1, 0.15) is 27.8 Å². The van der Waals surface area contributed by atoms with E-state index in [-0.39, 0.29) is 11.4 Å². The van der Waals surface area contributed by atoms with Crippen molar-refractivity contribution in [2.75, 3.05) is 39.4 Å². The minimum atomic E-state index is -0.340. The summed E-state index contributed by atoms with van der Waals surface area (Å²) >= 11 is 0. The highest BCUT2D eigenvalue weighted by Crippen LogP contribution is 2.32. The van der Waals surface area contributed by atoms with Crippen molar-refractivity contribution in [3.8, 4) is 5.75 Å². The van der Waals surface area contributed by atoms with E-state index in [2.05, 4.69) is 10.2 Å². The van der Waals surface area contributed by atoms with E-state index in [0.717, 1.165) is 61.5 Å². The highest BCUT2D eigenvalue weighted by Gasteiger charge is 2.18. The van der Waals surface area contributed by atoms with Crippen LogP contribution in [0.15, 0.2) is 45.6 Å². The number of hydrogen-bond donors (Lipinski definition) is 2. The second kappa shape index (κ2) is 9.64. The standard InChI is InChI=1S/C25H30N2O4/c1-17-21-15-20(16-26-8-9-27-10-12-30-13-11-27)23(28)18(2)24(21)31-25(29)22(17)14-19-6-4-3-5-7-19/h3-7,15,26,28H,8-14,16H2,1-2H3. The summed E-state index contributed by atoms with van der Waals surface area (Å²) in [5.74, 6) is 0.185. The van der Waals surface area contributed by atoms with E-state index in [9.17, 15) is 9.90 Å². The smallest absolute Gasteiger partial charge is 0.340 e. The van der Waals surface area contributed by atoms with Crippen LogP contribution in [0.3, 0.4) is 0 Å². The second-order valence-electron chi connectivity index (χ2n) is 8.17. The van der Waals surface area contributed by atoms with Crippen LogP contribution in [0.5, 0.6) is 5.75 Å². The number of morpholine rings is 1. The Morgan fingerprint density at radius 1 is 1.10 bits per heavy atom. The van der Waals surface area contributed by atoms with Crippen molar-refractivity contribution in [2.45, 2.75) is 26.8 Å². The number of nitrogens with zero attached hydrogens (tertiary/aromatic N) is 1. The Balaban J connectivity index is 1.56. The summed E-state index contributed by atoms with van der Waals surface area (Å²) in [5.41, 5.74) is 4.19. The van der Waals surface area contributed by atoms with Gasteiger partial charge in [-0.15, -0.1) is 0 Å². The first kappa shape index (κ1) is 21.6. The van der Waals surface area contributed by atoms with E-state index in [0.29, 0.717) is 29.7 Å². The number of nitrogens with one attached hydrogen (secondary N) is 1. The fourth-order valence-electron chi connectivity index (χ4n) is 4.16. The summed E-state index contributed by atoms with van der Waals surface area (Å²) < 4.78 is 11.0. The molecule has 2 N–H and O–H groups in total. The van der Waals surface area contributed by atoms with Crippen molar-refractivity contribution in [3.05, 3.63) is 74.6 Å². The zero-order valence-electron chi connectivity index (χ0n) is 18.2. The minimum Gasteiger partial charge on any atom is -0.507 e. The van der Waals surface area contributed by atoms with Crippen LogP contribution in [0.25, 0.3) is 11.0 Å². The van der Waals surface area contributed by atoms with Gasteiger partial charge in [0.15, 0.2) is 0 Å².